The molecule has 1 rings (SSSR count). The van der Waals surface area contributed by atoms with Crippen molar-refractivity contribution in [1.82, 2.24) is 4.90 Å². The van der Waals surface area contributed by atoms with E-state index in [9.17, 15) is 0 Å². The van der Waals surface area contributed by atoms with Crippen molar-refractivity contribution in [3.63, 3.8) is 0 Å². The fourth-order valence-corrected chi connectivity index (χ4v) is 2.00. The van der Waals surface area contributed by atoms with Gasteiger partial charge in [0.05, 0.1) is 0 Å². The van der Waals surface area contributed by atoms with Crippen molar-refractivity contribution < 1.29 is 0 Å². The van der Waals surface area contributed by atoms with Gasteiger partial charge in [0.2, 0.25) is 0 Å². The van der Waals surface area contributed by atoms with Crippen molar-refractivity contribution in [2.45, 2.75) is 38.6 Å². The van der Waals surface area contributed by atoms with E-state index in [2.05, 4.69) is 24.8 Å². The predicted octanol–water partition coefficient (Wildman–Crippen LogP) is 2.13. The molecule has 12 heavy (non-hydrogen) atoms. The number of rotatable bonds is 3. The Morgan fingerprint density at radius 3 is 2.75 bits per heavy atom. The first-order valence-electron chi connectivity index (χ1n) is 4.87. The van der Waals surface area contributed by atoms with Crippen LogP contribution in [0.15, 0.2) is 0 Å². The summed E-state index contributed by atoms with van der Waals surface area (Å²) in [6, 6.07) is 0.799. The lowest BCUT2D eigenvalue weighted by Gasteiger charge is -2.23. The zero-order chi connectivity index (χ0) is 8.97. The van der Waals surface area contributed by atoms with Crippen molar-refractivity contribution >= 4 is 0 Å². The van der Waals surface area contributed by atoms with E-state index in [1.54, 1.807) is 0 Å². The molecule has 0 heterocycles. The molecule has 1 nitrogen and oxygen atoms in total. The number of nitrogens with zero attached hydrogens (tertiary/aromatic N) is 1. The molecule has 0 aromatic heterocycles. The fraction of sp³-hybridized carbons (Fsp3) is 0.818. The maximum absolute atomic E-state index is 5.23. The maximum atomic E-state index is 5.23. The highest BCUT2D eigenvalue weighted by Crippen LogP contribution is 2.27. The summed E-state index contributed by atoms with van der Waals surface area (Å²) in [5, 5.41) is 0. The average Bonchev–Trinajstić information content (AvgIpc) is 2.47. The summed E-state index contributed by atoms with van der Waals surface area (Å²) in [7, 11) is 2.19. The molecule has 0 saturated heterocycles. The van der Waals surface area contributed by atoms with Crippen molar-refractivity contribution in [1.29, 1.82) is 0 Å². The van der Waals surface area contributed by atoms with Gasteiger partial charge in [-0.1, -0.05) is 6.92 Å². The van der Waals surface area contributed by atoms with Crippen LogP contribution < -0.4 is 0 Å². The summed E-state index contributed by atoms with van der Waals surface area (Å²) in [6.07, 6.45) is 10.2. The van der Waals surface area contributed by atoms with E-state index in [-0.39, 0.29) is 0 Å². The minimum atomic E-state index is 0.799. The van der Waals surface area contributed by atoms with Crippen LogP contribution in [-0.2, 0) is 0 Å². The third-order valence-corrected chi connectivity index (χ3v) is 2.90. The van der Waals surface area contributed by atoms with E-state index in [4.69, 9.17) is 6.42 Å². The molecule has 1 aliphatic rings. The molecule has 0 spiro atoms. The fourth-order valence-electron chi connectivity index (χ4n) is 2.00. The normalized spacial score (nSPS) is 29.2. The van der Waals surface area contributed by atoms with Gasteiger partial charge >= 0.3 is 0 Å². The van der Waals surface area contributed by atoms with Gasteiger partial charge in [0.15, 0.2) is 0 Å². The third-order valence-electron chi connectivity index (χ3n) is 2.90. The third kappa shape index (κ3) is 2.53. The summed E-state index contributed by atoms with van der Waals surface area (Å²) in [5.41, 5.74) is 0. The molecule has 68 valence electrons. The highest BCUT2D eigenvalue weighted by molar-refractivity contribution is 4.86. The Balaban J connectivity index is 2.24. The Labute approximate surface area is 76.1 Å². The molecule has 0 aliphatic heterocycles. The van der Waals surface area contributed by atoms with Gasteiger partial charge in [-0.15, -0.1) is 12.3 Å². The first-order valence-corrected chi connectivity index (χ1v) is 4.87. The van der Waals surface area contributed by atoms with Crippen molar-refractivity contribution in [3.05, 3.63) is 0 Å². The monoisotopic (exact) mass is 165 g/mol. The van der Waals surface area contributed by atoms with Gasteiger partial charge in [-0.05, 0) is 32.2 Å². The second-order valence-electron chi connectivity index (χ2n) is 4.01. The van der Waals surface area contributed by atoms with Crippen LogP contribution in [0.5, 0.6) is 0 Å². The predicted molar refractivity (Wildman–Crippen MR) is 52.9 cm³/mol. The van der Waals surface area contributed by atoms with Crippen LogP contribution in [0, 0.1) is 18.3 Å². The van der Waals surface area contributed by atoms with Crippen LogP contribution in [0.1, 0.15) is 32.6 Å². The van der Waals surface area contributed by atoms with Gasteiger partial charge in [-0.2, -0.15) is 0 Å². The van der Waals surface area contributed by atoms with E-state index >= 15 is 0 Å². The Morgan fingerprint density at radius 2 is 2.25 bits per heavy atom. The molecule has 0 aromatic carbocycles. The largest absolute Gasteiger partial charge is 0.302 e. The molecule has 1 fully saturated rings. The van der Waals surface area contributed by atoms with Crippen molar-refractivity contribution in [2.24, 2.45) is 5.92 Å². The molecular weight excluding hydrogens is 146 g/mol. The Kier molecular flexibility index (Phi) is 3.62. The molecule has 1 heteroatoms. The van der Waals surface area contributed by atoms with Crippen LogP contribution in [0.3, 0.4) is 0 Å². The number of hydrogen-bond acceptors (Lipinski definition) is 1. The van der Waals surface area contributed by atoms with Crippen molar-refractivity contribution in [3.8, 4) is 12.3 Å². The Hall–Kier alpha value is -0.480. The zero-order valence-corrected chi connectivity index (χ0v) is 8.21. The van der Waals surface area contributed by atoms with Gasteiger partial charge < -0.3 is 4.90 Å². The summed E-state index contributed by atoms with van der Waals surface area (Å²) >= 11 is 0. The lowest BCUT2D eigenvalue weighted by molar-refractivity contribution is 0.247. The quantitative estimate of drug-likeness (QED) is 0.579. The summed E-state index contributed by atoms with van der Waals surface area (Å²) in [4.78, 5) is 2.42. The maximum Gasteiger partial charge on any atom is 0.0214 e. The standard InChI is InChI=1S/C11H19N/c1-4-5-8-12(3)11-7-6-10(2)9-11/h1,10-11H,5-9H2,2-3H3. The summed E-state index contributed by atoms with van der Waals surface area (Å²) in [5.74, 6) is 3.61. The van der Waals surface area contributed by atoms with Gasteiger partial charge in [0.25, 0.3) is 0 Å². The van der Waals surface area contributed by atoms with Crippen LogP contribution in [0.2, 0.25) is 0 Å². The van der Waals surface area contributed by atoms with Crippen LogP contribution in [0.25, 0.3) is 0 Å². The molecular formula is C11H19N. The molecule has 0 radical (unpaired) electrons. The summed E-state index contributed by atoms with van der Waals surface area (Å²) in [6.45, 7) is 3.41. The van der Waals surface area contributed by atoms with E-state index in [1.807, 2.05) is 0 Å². The molecule has 0 amide bonds. The molecule has 2 atom stereocenters. The van der Waals surface area contributed by atoms with Crippen molar-refractivity contribution in [2.75, 3.05) is 13.6 Å². The van der Waals surface area contributed by atoms with E-state index in [1.165, 1.54) is 19.3 Å². The Morgan fingerprint density at radius 1 is 1.50 bits per heavy atom. The molecule has 0 aromatic rings. The second-order valence-corrected chi connectivity index (χ2v) is 4.01. The van der Waals surface area contributed by atoms with Gasteiger partial charge in [0.1, 0.15) is 0 Å². The molecule has 2 unspecified atom stereocenters. The molecule has 1 aliphatic carbocycles. The van der Waals surface area contributed by atoms with Crippen LogP contribution in [-0.4, -0.2) is 24.5 Å². The van der Waals surface area contributed by atoms with E-state index in [0.717, 1.165) is 24.9 Å². The molecule has 0 N–H and O–H groups in total. The highest BCUT2D eigenvalue weighted by atomic mass is 15.1. The molecule has 0 bridgehead atoms. The van der Waals surface area contributed by atoms with E-state index < -0.39 is 0 Å². The topological polar surface area (TPSA) is 3.24 Å². The minimum Gasteiger partial charge on any atom is -0.302 e. The number of hydrogen-bond donors (Lipinski definition) is 0. The summed E-state index contributed by atoms with van der Waals surface area (Å²) < 4.78 is 0. The SMILES string of the molecule is C#CCCN(C)C1CCC(C)C1. The first kappa shape index (κ1) is 9.61. The van der Waals surface area contributed by atoms with Gasteiger partial charge in [-0.3, -0.25) is 0 Å². The highest BCUT2D eigenvalue weighted by Gasteiger charge is 2.23. The first-order chi connectivity index (χ1) is 5.74. The van der Waals surface area contributed by atoms with E-state index in [0.29, 0.717) is 0 Å². The molecule has 1 saturated carbocycles. The zero-order valence-electron chi connectivity index (χ0n) is 8.21. The number of terminal acetylenes is 1. The van der Waals surface area contributed by atoms with Gasteiger partial charge in [-0.25, -0.2) is 0 Å². The Bertz CT molecular complexity index is 168. The lowest BCUT2D eigenvalue weighted by atomic mass is 10.1. The lowest BCUT2D eigenvalue weighted by Crippen LogP contribution is -2.30. The smallest absolute Gasteiger partial charge is 0.0214 e. The van der Waals surface area contributed by atoms with Crippen LogP contribution >= 0.6 is 0 Å². The second kappa shape index (κ2) is 4.52. The minimum absolute atomic E-state index is 0.799. The average molecular weight is 165 g/mol. The van der Waals surface area contributed by atoms with Gasteiger partial charge in [0, 0.05) is 19.0 Å². The van der Waals surface area contributed by atoms with Crippen LogP contribution in [0.4, 0.5) is 0 Å².